The Morgan fingerprint density at radius 3 is 2.65 bits per heavy atom. The molecule has 0 aromatic heterocycles. The third-order valence-electron chi connectivity index (χ3n) is 3.55. The van der Waals surface area contributed by atoms with Crippen molar-refractivity contribution in [2.75, 3.05) is 26.7 Å². The predicted molar refractivity (Wildman–Crippen MR) is 73.3 cm³/mol. The fraction of sp³-hybridized carbons (Fsp3) is 0.769. The van der Waals surface area contributed by atoms with Crippen molar-refractivity contribution in [1.29, 1.82) is 0 Å². The summed E-state index contributed by atoms with van der Waals surface area (Å²) in [5, 5.41) is 10.7. The molecule has 20 heavy (non-hydrogen) atoms. The molecule has 0 aromatic rings. The van der Waals surface area contributed by atoms with Gasteiger partial charge >= 0.3 is 12.0 Å². The number of aliphatic carboxylic acids is 1. The average molecular weight is 285 g/mol. The maximum Gasteiger partial charge on any atom is 0.323 e. The molecule has 7 nitrogen and oxygen atoms in total. The molecule has 1 unspecified atom stereocenters. The topological polar surface area (TPSA) is 90.0 Å². The van der Waals surface area contributed by atoms with E-state index < -0.39 is 17.9 Å². The normalized spacial score (nSPS) is 18.8. The van der Waals surface area contributed by atoms with Gasteiger partial charge in [0.05, 0.1) is 6.42 Å². The largest absolute Gasteiger partial charge is 0.481 e. The first-order valence-electron chi connectivity index (χ1n) is 6.94. The van der Waals surface area contributed by atoms with Crippen LogP contribution in [0.1, 0.15) is 32.6 Å². The van der Waals surface area contributed by atoms with E-state index in [0.717, 1.165) is 25.9 Å². The lowest BCUT2D eigenvalue weighted by Crippen LogP contribution is -2.46. The zero-order valence-corrected chi connectivity index (χ0v) is 12.1. The third-order valence-corrected chi connectivity index (χ3v) is 3.55. The quantitative estimate of drug-likeness (QED) is 0.742. The number of nitrogens with zero attached hydrogens (tertiary/aromatic N) is 2. The van der Waals surface area contributed by atoms with E-state index in [1.54, 1.807) is 7.05 Å². The summed E-state index contributed by atoms with van der Waals surface area (Å²) in [6, 6.07) is -0.131. The number of rotatable bonds is 6. The molecule has 114 valence electrons. The summed E-state index contributed by atoms with van der Waals surface area (Å²) in [6.45, 7) is 4.67. The van der Waals surface area contributed by atoms with E-state index >= 15 is 0 Å². The first kappa shape index (κ1) is 16.4. The van der Waals surface area contributed by atoms with Crippen molar-refractivity contribution >= 4 is 17.9 Å². The van der Waals surface area contributed by atoms with Crippen molar-refractivity contribution in [3.8, 4) is 0 Å². The number of urea groups is 1. The summed E-state index contributed by atoms with van der Waals surface area (Å²) in [4.78, 5) is 37.3. The molecule has 3 amide bonds. The summed E-state index contributed by atoms with van der Waals surface area (Å²) in [5.74, 6) is -1.60. The monoisotopic (exact) mass is 285 g/mol. The first-order chi connectivity index (χ1) is 9.43. The van der Waals surface area contributed by atoms with Gasteiger partial charge in [-0.3, -0.25) is 19.8 Å². The number of nitrogens with one attached hydrogen (secondary N) is 1. The third kappa shape index (κ3) is 5.16. The van der Waals surface area contributed by atoms with Gasteiger partial charge in [-0.25, -0.2) is 4.79 Å². The molecule has 1 atom stereocenters. The van der Waals surface area contributed by atoms with Crippen LogP contribution in [-0.2, 0) is 9.59 Å². The lowest BCUT2D eigenvalue weighted by molar-refractivity contribution is -0.138. The Labute approximate surface area is 118 Å². The van der Waals surface area contributed by atoms with Crippen LogP contribution >= 0.6 is 0 Å². The van der Waals surface area contributed by atoms with E-state index in [0.29, 0.717) is 12.6 Å². The lowest BCUT2D eigenvalue weighted by Gasteiger charge is -2.27. The molecule has 0 spiro atoms. The second kappa shape index (κ2) is 7.84. The second-order valence-electron chi connectivity index (χ2n) is 5.05. The van der Waals surface area contributed by atoms with Crippen LogP contribution in [0.25, 0.3) is 0 Å². The highest BCUT2D eigenvalue weighted by molar-refractivity contribution is 5.95. The number of amides is 3. The van der Waals surface area contributed by atoms with Crippen LogP contribution in [0, 0.1) is 0 Å². The predicted octanol–water partition coefficient (Wildman–Crippen LogP) is 0.504. The van der Waals surface area contributed by atoms with Crippen molar-refractivity contribution in [3.63, 3.8) is 0 Å². The molecule has 0 saturated carbocycles. The fourth-order valence-corrected chi connectivity index (χ4v) is 2.41. The second-order valence-corrected chi connectivity index (χ2v) is 5.05. The van der Waals surface area contributed by atoms with E-state index in [9.17, 15) is 14.4 Å². The number of likely N-dealkylation sites (N-methyl/N-ethyl adjacent to an activating group) is 2. The van der Waals surface area contributed by atoms with Crippen LogP contribution in [0.3, 0.4) is 0 Å². The lowest BCUT2D eigenvalue weighted by atomic mass is 10.2. The molecule has 1 fully saturated rings. The zero-order valence-electron chi connectivity index (χ0n) is 12.1. The Kier molecular flexibility index (Phi) is 6.44. The van der Waals surface area contributed by atoms with Gasteiger partial charge in [0.25, 0.3) is 0 Å². The number of carboxylic acid groups (broad SMARTS) is 1. The Hall–Kier alpha value is -1.63. The van der Waals surface area contributed by atoms with Gasteiger partial charge in [-0.1, -0.05) is 6.92 Å². The van der Waals surface area contributed by atoms with Crippen LogP contribution in [-0.4, -0.2) is 65.5 Å². The highest BCUT2D eigenvalue weighted by atomic mass is 16.4. The highest BCUT2D eigenvalue weighted by Crippen LogP contribution is 2.17. The molecule has 7 heteroatoms. The smallest absolute Gasteiger partial charge is 0.323 e. The van der Waals surface area contributed by atoms with Crippen molar-refractivity contribution in [2.45, 2.75) is 38.6 Å². The maximum absolute atomic E-state index is 11.8. The number of hydrogen-bond donors (Lipinski definition) is 2. The van der Waals surface area contributed by atoms with Gasteiger partial charge in [-0.2, -0.15) is 0 Å². The SMILES string of the molecule is CCN1CCCC1CN(C)C(=O)NC(=O)CCC(=O)O. The molecule has 1 aliphatic rings. The standard InChI is InChI=1S/C13H23N3O4/c1-3-16-8-4-5-10(16)9-15(2)13(20)14-11(17)6-7-12(18)19/h10H,3-9H2,1-2H3,(H,18,19)(H,14,17,20). The summed E-state index contributed by atoms with van der Waals surface area (Å²) in [6.07, 6.45) is 1.73. The van der Waals surface area contributed by atoms with Gasteiger partial charge < -0.3 is 10.0 Å². The Morgan fingerprint density at radius 2 is 2.05 bits per heavy atom. The molecule has 1 heterocycles. The minimum atomic E-state index is -1.05. The zero-order chi connectivity index (χ0) is 15.1. The minimum absolute atomic E-state index is 0.181. The summed E-state index contributed by atoms with van der Waals surface area (Å²) < 4.78 is 0. The summed E-state index contributed by atoms with van der Waals surface area (Å²) >= 11 is 0. The molecular formula is C13H23N3O4. The summed E-state index contributed by atoms with van der Waals surface area (Å²) in [5.41, 5.74) is 0. The number of carbonyl (C=O) groups is 3. The number of imide groups is 1. The maximum atomic E-state index is 11.8. The van der Waals surface area contributed by atoms with E-state index in [1.807, 2.05) is 0 Å². The number of hydrogen-bond acceptors (Lipinski definition) is 4. The number of likely N-dealkylation sites (tertiary alicyclic amines) is 1. The van der Waals surface area contributed by atoms with Gasteiger partial charge in [0, 0.05) is 26.1 Å². The van der Waals surface area contributed by atoms with E-state index in [-0.39, 0.29) is 12.8 Å². The van der Waals surface area contributed by atoms with Gasteiger partial charge in [0.15, 0.2) is 0 Å². The van der Waals surface area contributed by atoms with Gasteiger partial charge in [0.1, 0.15) is 0 Å². The summed E-state index contributed by atoms with van der Waals surface area (Å²) in [7, 11) is 1.64. The fourth-order valence-electron chi connectivity index (χ4n) is 2.41. The van der Waals surface area contributed by atoms with E-state index in [1.165, 1.54) is 4.90 Å². The first-order valence-corrected chi connectivity index (χ1v) is 6.94. The average Bonchev–Trinajstić information content (AvgIpc) is 2.83. The van der Waals surface area contributed by atoms with Crippen LogP contribution in [0.15, 0.2) is 0 Å². The Bertz CT molecular complexity index is 373. The van der Waals surface area contributed by atoms with Crippen molar-refractivity contribution in [3.05, 3.63) is 0 Å². The van der Waals surface area contributed by atoms with Crippen molar-refractivity contribution < 1.29 is 19.5 Å². The number of carbonyl (C=O) groups excluding carboxylic acids is 2. The Balaban J connectivity index is 2.35. The van der Waals surface area contributed by atoms with Gasteiger partial charge in [0.2, 0.25) is 5.91 Å². The van der Waals surface area contributed by atoms with Crippen LogP contribution in [0.2, 0.25) is 0 Å². The van der Waals surface area contributed by atoms with E-state index in [2.05, 4.69) is 17.1 Å². The molecule has 0 radical (unpaired) electrons. The Morgan fingerprint density at radius 1 is 1.35 bits per heavy atom. The van der Waals surface area contributed by atoms with Crippen LogP contribution in [0.5, 0.6) is 0 Å². The van der Waals surface area contributed by atoms with E-state index in [4.69, 9.17) is 5.11 Å². The molecule has 0 aliphatic carbocycles. The van der Waals surface area contributed by atoms with Gasteiger partial charge in [-0.15, -0.1) is 0 Å². The molecule has 2 N–H and O–H groups in total. The van der Waals surface area contributed by atoms with Crippen LogP contribution in [0.4, 0.5) is 4.79 Å². The molecular weight excluding hydrogens is 262 g/mol. The molecule has 0 bridgehead atoms. The number of carboxylic acids is 1. The van der Waals surface area contributed by atoms with Crippen molar-refractivity contribution in [1.82, 2.24) is 15.1 Å². The molecule has 1 saturated heterocycles. The van der Waals surface area contributed by atoms with Crippen molar-refractivity contribution in [2.24, 2.45) is 0 Å². The molecule has 1 rings (SSSR count). The molecule has 0 aromatic carbocycles. The molecule has 1 aliphatic heterocycles. The minimum Gasteiger partial charge on any atom is -0.481 e. The van der Waals surface area contributed by atoms with Gasteiger partial charge in [-0.05, 0) is 25.9 Å². The highest BCUT2D eigenvalue weighted by Gasteiger charge is 2.25. The van der Waals surface area contributed by atoms with Crippen LogP contribution < -0.4 is 5.32 Å².